The van der Waals surface area contributed by atoms with Crippen LogP contribution in [0.15, 0.2) is 4.99 Å². The van der Waals surface area contributed by atoms with Crippen LogP contribution in [-0.2, 0) is 0 Å². The van der Waals surface area contributed by atoms with E-state index in [2.05, 4.69) is 10.3 Å². The number of nitrogens with zero attached hydrogens (tertiary/aromatic N) is 1. The predicted molar refractivity (Wildman–Crippen MR) is 63.1 cm³/mol. The maximum Gasteiger partial charge on any atom is 0.0963 e. The van der Waals surface area contributed by atoms with Gasteiger partial charge < -0.3 is 5.32 Å². The molecule has 1 heterocycles. The highest BCUT2D eigenvalue weighted by Gasteiger charge is 2.39. The van der Waals surface area contributed by atoms with Crippen molar-refractivity contribution < 1.29 is 0 Å². The topological polar surface area (TPSA) is 24.4 Å². The zero-order valence-electron chi connectivity index (χ0n) is 9.54. The number of hydrogen-bond donors (Lipinski definition) is 1. The van der Waals surface area contributed by atoms with E-state index in [0.717, 1.165) is 24.3 Å². The van der Waals surface area contributed by atoms with Crippen molar-refractivity contribution in [1.82, 2.24) is 5.32 Å². The number of rotatable bonds is 2. The van der Waals surface area contributed by atoms with Gasteiger partial charge in [-0.1, -0.05) is 6.42 Å². The molecule has 0 radical (unpaired) electrons. The Morgan fingerprint density at radius 1 is 1.20 bits per heavy atom. The molecular weight excluding hydrogens is 184 g/mol. The van der Waals surface area contributed by atoms with Crippen LogP contribution in [0.25, 0.3) is 0 Å². The monoisotopic (exact) mass is 206 g/mol. The van der Waals surface area contributed by atoms with E-state index in [4.69, 9.17) is 0 Å². The van der Waals surface area contributed by atoms with E-state index < -0.39 is 0 Å². The molecule has 2 fully saturated rings. The van der Waals surface area contributed by atoms with E-state index >= 15 is 0 Å². The largest absolute Gasteiger partial charge is 0.374 e. The molecule has 84 valence electrons. The fourth-order valence-electron chi connectivity index (χ4n) is 3.72. The van der Waals surface area contributed by atoms with Crippen LogP contribution in [0.1, 0.15) is 44.9 Å². The molecule has 3 unspecified atom stereocenters. The van der Waals surface area contributed by atoms with Gasteiger partial charge in [0.1, 0.15) is 0 Å². The molecule has 3 rings (SSSR count). The van der Waals surface area contributed by atoms with Gasteiger partial charge in [0.2, 0.25) is 0 Å². The Hall–Kier alpha value is -0.530. The fraction of sp³-hybridized carbons (Fsp3) is 0.923. The zero-order chi connectivity index (χ0) is 10.1. The molecule has 0 aromatic rings. The van der Waals surface area contributed by atoms with Crippen molar-refractivity contribution in [2.45, 2.75) is 44.9 Å². The minimum absolute atomic E-state index is 0.966. The predicted octanol–water partition coefficient (Wildman–Crippen LogP) is 2.59. The van der Waals surface area contributed by atoms with Crippen molar-refractivity contribution in [3.8, 4) is 0 Å². The van der Waals surface area contributed by atoms with E-state index in [0.29, 0.717) is 0 Å². The molecule has 0 spiro atoms. The molecule has 1 N–H and O–H groups in total. The summed E-state index contributed by atoms with van der Waals surface area (Å²) in [5.41, 5.74) is 0. The van der Waals surface area contributed by atoms with Gasteiger partial charge in [0, 0.05) is 19.5 Å². The second-order valence-electron chi connectivity index (χ2n) is 5.60. The Kier molecular flexibility index (Phi) is 2.68. The van der Waals surface area contributed by atoms with Crippen LogP contribution in [-0.4, -0.2) is 18.9 Å². The second kappa shape index (κ2) is 4.15. The van der Waals surface area contributed by atoms with E-state index in [9.17, 15) is 0 Å². The van der Waals surface area contributed by atoms with Crippen molar-refractivity contribution in [2.75, 3.05) is 13.1 Å². The fourth-order valence-corrected chi connectivity index (χ4v) is 3.72. The van der Waals surface area contributed by atoms with Gasteiger partial charge in [-0.2, -0.15) is 0 Å². The molecule has 2 nitrogen and oxygen atoms in total. The lowest BCUT2D eigenvalue weighted by molar-refractivity contribution is 0.331. The summed E-state index contributed by atoms with van der Waals surface area (Å²) in [4.78, 5) is 4.56. The lowest BCUT2D eigenvalue weighted by Gasteiger charge is -2.23. The van der Waals surface area contributed by atoms with Crippen LogP contribution in [0.3, 0.4) is 0 Å². The highest BCUT2D eigenvalue weighted by molar-refractivity contribution is 5.82. The zero-order valence-corrected chi connectivity index (χ0v) is 9.54. The minimum atomic E-state index is 0.966. The summed E-state index contributed by atoms with van der Waals surface area (Å²) in [6.45, 7) is 2.26. The minimum Gasteiger partial charge on any atom is -0.374 e. The number of amidine groups is 1. The molecule has 3 aliphatic rings. The first-order valence-corrected chi connectivity index (χ1v) is 6.69. The molecule has 0 amide bonds. The van der Waals surface area contributed by atoms with Crippen molar-refractivity contribution in [2.24, 2.45) is 22.7 Å². The van der Waals surface area contributed by atoms with E-state index in [1.165, 1.54) is 57.3 Å². The molecule has 2 heteroatoms. The molecule has 3 atom stereocenters. The van der Waals surface area contributed by atoms with Crippen LogP contribution in [0.2, 0.25) is 0 Å². The number of nitrogens with one attached hydrogen (secondary N) is 1. The first-order chi connectivity index (χ1) is 7.42. The number of fused-ring (bicyclic) bond motifs is 2. The third kappa shape index (κ3) is 2.04. The third-order valence-corrected chi connectivity index (χ3v) is 4.58. The highest BCUT2D eigenvalue weighted by Crippen LogP contribution is 2.47. The molecule has 0 aromatic heterocycles. The van der Waals surface area contributed by atoms with Gasteiger partial charge in [-0.3, -0.25) is 4.99 Å². The quantitative estimate of drug-likeness (QED) is 0.738. The van der Waals surface area contributed by atoms with E-state index in [-0.39, 0.29) is 0 Å². The summed E-state index contributed by atoms with van der Waals surface area (Å²) < 4.78 is 0. The van der Waals surface area contributed by atoms with E-state index in [1.54, 1.807) is 0 Å². The lowest BCUT2D eigenvalue weighted by Crippen LogP contribution is -2.32. The van der Waals surface area contributed by atoms with Gasteiger partial charge in [-0.25, -0.2) is 0 Å². The lowest BCUT2D eigenvalue weighted by atomic mass is 9.89. The van der Waals surface area contributed by atoms with Gasteiger partial charge >= 0.3 is 0 Å². The molecule has 2 saturated carbocycles. The summed E-state index contributed by atoms with van der Waals surface area (Å²) in [6, 6.07) is 0. The first kappa shape index (κ1) is 9.68. The van der Waals surface area contributed by atoms with Crippen molar-refractivity contribution in [3.05, 3.63) is 0 Å². The average molecular weight is 206 g/mol. The van der Waals surface area contributed by atoms with E-state index in [1.807, 2.05) is 0 Å². The van der Waals surface area contributed by atoms with Crippen molar-refractivity contribution in [3.63, 3.8) is 0 Å². The standard InChI is InChI=1S/C13H22N2/c1-2-6-14-13(3-1)15-9-12-8-10-4-5-11(12)7-10/h10-12H,1-9H2,(H,14,15). The van der Waals surface area contributed by atoms with Crippen LogP contribution in [0, 0.1) is 17.8 Å². The molecule has 0 saturated heterocycles. The molecule has 1 aliphatic heterocycles. The summed E-state index contributed by atoms with van der Waals surface area (Å²) >= 11 is 0. The van der Waals surface area contributed by atoms with Gasteiger partial charge in [0.05, 0.1) is 5.84 Å². The Balaban J connectivity index is 1.48. The Morgan fingerprint density at radius 2 is 2.20 bits per heavy atom. The molecule has 0 aromatic carbocycles. The summed E-state index contributed by atoms with van der Waals surface area (Å²) in [7, 11) is 0. The molecule has 2 bridgehead atoms. The highest BCUT2D eigenvalue weighted by atomic mass is 15.0. The SMILES string of the molecule is C1CCC(NCC2CC3CCC2C3)=NC1. The van der Waals surface area contributed by atoms with Crippen LogP contribution in [0.5, 0.6) is 0 Å². The normalized spacial score (nSPS) is 39.2. The molecular formula is C13H22N2. The first-order valence-electron chi connectivity index (χ1n) is 6.69. The van der Waals surface area contributed by atoms with Gasteiger partial charge in [-0.05, 0) is 49.9 Å². The van der Waals surface area contributed by atoms with Crippen molar-refractivity contribution in [1.29, 1.82) is 0 Å². The Labute approximate surface area is 92.5 Å². The second-order valence-corrected chi connectivity index (χ2v) is 5.60. The smallest absolute Gasteiger partial charge is 0.0963 e. The summed E-state index contributed by atoms with van der Waals surface area (Å²) in [5.74, 6) is 4.39. The number of aliphatic imine (C=N–C) groups is 1. The van der Waals surface area contributed by atoms with Crippen molar-refractivity contribution >= 4 is 5.84 Å². The van der Waals surface area contributed by atoms with Gasteiger partial charge in [0.25, 0.3) is 0 Å². The Morgan fingerprint density at radius 3 is 2.87 bits per heavy atom. The van der Waals surface area contributed by atoms with Crippen LogP contribution in [0.4, 0.5) is 0 Å². The maximum absolute atomic E-state index is 4.56. The van der Waals surface area contributed by atoms with Gasteiger partial charge in [-0.15, -0.1) is 0 Å². The summed E-state index contributed by atoms with van der Waals surface area (Å²) in [5, 5.41) is 3.60. The third-order valence-electron chi connectivity index (χ3n) is 4.58. The van der Waals surface area contributed by atoms with Gasteiger partial charge in [0.15, 0.2) is 0 Å². The molecule has 15 heavy (non-hydrogen) atoms. The van der Waals surface area contributed by atoms with Crippen LogP contribution >= 0.6 is 0 Å². The number of hydrogen-bond acceptors (Lipinski definition) is 2. The van der Waals surface area contributed by atoms with Crippen LogP contribution < -0.4 is 5.32 Å². The maximum atomic E-state index is 4.56. The summed E-state index contributed by atoms with van der Waals surface area (Å²) in [6.07, 6.45) is 9.86. The average Bonchev–Trinajstić information content (AvgIpc) is 2.89. The Bertz CT molecular complexity index is 259. The molecule has 2 aliphatic carbocycles.